The predicted molar refractivity (Wildman–Crippen MR) is 130 cm³/mol. The van der Waals surface area contributed by atoms with Crippen molar-refractivity contribution >= 4 is 34.6 Å². The number of benzene rings is 3. The van der Waals surface area contributed by atoms with E-state index in [2.05, 4.69) is 28.1 Å². The third-order valence-electron chi connectivity index (χ3n) is 5.02. The summed E-state index contributed by atoms with van der Waals surface area (Å²) in [7, 11) is 0. The van der Waals surface area contributed by atoms with Crippen molar-refractivity contribution in [3.63, 3.8) is 0 Å². The summed E-state index contributed by atoms with van der Waals surface area (Å²) in [6.45, 7) is 3.39. The summed E-state index contributed by atoms with van der Waals surface area (Å²) in [5.74, 6) is 0.477. The van der Waals surface area contributed by atoms with Crippen LogP contribution in [0.25, 0.3) is 10.9 Å². The molecule has 0 spiro atoms. The van der Waals surface area contributed by atoms with Crippen molar-refractivity contribution in [3.8, 4) is 5.75 Å². The zero-order valence-electron chi connectivity index (χ0n) is 17.8. The van der Waals surface area contributed by atoms with E-state index in [4.69, 9.17) is 16.3 Å². The summed E-state index contributed by atoms with van der Waals surface area (Å²) in [5.41, 5.74) is 6.25. The molecule has 0 aliphatic carbocycles. The number of carbonyl (C=O) groups is 1. The summed E-state index contributed by atoms with van der Waals surface area (Å²) in [6, 6.07) is 23.0. The summed E-state index contributed by atoms with van der Waals surface area (Å²) in [4.78, 5) is 12.4. The van der Waals surface area contributed by atoms with Crippen LogP contribution in [0.15, 0.2) is 84.1 Å². The Balaban J connectivity index is 1.48. The maximum Gasteiger partial charge on any atom is 0.271 e. The molecule has 32 heavy (non-hydrogen) atoms. The number of nitrogens with one attached hydrogen (secondary N) is 1. The van der Waals surface area contributed by atoms with Crippen LogP contribution < -0.4 is 10.2 Å². The fourth-order valence-corrected chi connectivity index (χ4v) is 3.70. The van der Waals surface area contributed by atoms with Crippen molar-refractivity contribution in [3.05, 3.63) is 101 Å². The predicted octanol–water partition coefficient (Wildman–Crippen LogP) is 5.90. The van der Waals surface area contributed by atoms with Gasteiger partial charge in [-0.2, -0.15) is 5.10 Å². The smallest absolute Gasteiger partial charge is 0.271 e. The van der Waals surface area contributed by atoms with Crippen LogP contribution in [0.2, 0.25) is 5.02 Å². The molecule has 1 N–H and O–H groups in total. The zero-order valence-corrected chi connectivity index (χ0v) is 18.5. The number of fused-ring (bicyclic) bond motifs is 1. The zero-order chi connectivity index (χ0) is 22.3. The third-order valence-corrected chi connectivity index (χ3v) is 5.26. The molecule has 4 rings (SSSR count). The molecule has 4 aromatic rings. The molecular formula is C26H24ClN3O2. The van der Waals surface area contributed by atoms with Crippen molar-refractivity contribution in [2.75, 3.05) is 6.61 Å². The Kier molecular flexibility index (Phi) is 6.87. The normalized spacial score (nSPS) is 11.2. The Hall–Kier alpha value is -3.57. The standard InChI is InChI=1S/C26H24ClN3O2/c1-2-14-32-23-12-10-20(11-13-23)26(31)29-28-16-21-18-30(25-9-4-3-8-24(21)25)17-19-6-5-7-22(27)15-19/h3-13,15-16,18H,2,14,17H2,1H3,(H,29,31)/b28-16+. The van der Waals surface area contributed by atoms with E-state index in [1.165, 1.54) is 0 Å². The number of hydrazone groups is 1. The molecule has 0 bridgehead atoms. The first-order valence-corrected chi connectivity index (χ1v) is 10.9. The van der Waals surface area contributed by atoms with Crippen molar-refractivity contribution in [2.24, 2.45) is 5.10 Å². The molecule has 0 fully saturated rings. The van der Waals surface area contributed by atoms with Crippen LogP contribution >= 0.6 is 11.6 Å². The molecule has 6 heteroatoms. The maximum atomic E-state index is 12.4. The van der Waals surface area contributed by atoms with Crippen molar-refractivity contribution < 1.29 is 9.53 Å². The minimum absolute atomic E-state index is 0.272. The van der Waals surface area contributed by atoms with E-state index in [0.29, 0.717) is 23.7 Å². The minimum atomic E-state index is -0.272. The van der Waals surface area contributed by atoms with Gasteiger partial charge in [-0.05, 0) is 54.4 Å². The van der Waals surface area contributed by atoms with E-state index in [1.807, 2.05) is 48.7 Å². The highest BCUT2D eigenvalue weighted by molar-refractivity contribution is 6.30. The third kappa shape index (κ3) is 5.18. The molecule has 0 saturated heterocycles. The number of amides is 1. The second kappa shape index (κ2) is 10.2. The van der Waals surface area contributed by atoms with E-state index >= 15 is 0 Å². The van der Waals surface area contributed by atoms with Gasteiger partial charge in [0.2, 0.25) is 0 Å². The Morgan fingerprint density at radius 3 is 2.69 bits per heavy atom. The van der Waals surface area contributed by atoms with Crippen molar-refractivity contribution in [1.82, 2.24) is 9.99 Å². The van der Waals surface area contributed by atoms with Gasteiger partial charge in [0.05, 0.1) is 12.8 Å². The molecule has 1 aromatic heterocycles. The molecule has 0 atom stereocenters. The van der Waals surface area contributed by atoms with Gasteiger partial charge in [0.1, 0.15) is 5.75 Å². The molecule has 0 aliphatic rings. The van der Waals surface area contributed by atoms with Gasteiger partial charge in [-0.1, -0.05) is 48.9 Å². The number of para-hydroxylation sites is 1. The van der Waals surface area contributed by atoms with Gasteiger partial charge in [0.25, 0.3) is 5.91 Å². The van der Waals surface area contributed by atoms with Gasteiger partial charge in [0.15, 0.2) is 0 Å². The van der Waals surface area contributed by atoms with E-state index in [1.54, 1.807) is 30.5 Å². The van der Waals surface area contributed by atoms with Crippen LogP contribution in [0.1, 0.15) is 34.8 Å². The number of halogens is 1. The summed E-state index contributed by atoms with van der Waals surface area (Å²) < 4.78 is 7.70. The maximum absolute atomic E-state index is 12.4. The molecule has 0 unspecified atom stereocenters. The molecule has 5 nitrogen and oxygen atoms in total. The van der Waals surface area contributed by atoms with Gasteiger partial charge in [-0.3, -0.25) is 4.79 Å². The average molecular weight is 446 g/mol. The molecule has 0 saturated carbocycles. The quantitative estimate of drug-likeness (QED) is 0.271. The topological polar surface area (TPSA) is 55.6 Å². The van der Waals surface area contributed by atoms with Crippen LogP contribution in [0.3, 0.4) is 0 Å². The second-order valence-corrected chi connectivity index (χ2v) is 7.87. The number of ether oxygens (including phenoxy) is 1. The molecule has 1 heterocycles. The lowest BCUT2D eigenvalue weighted by molar-refractivity contribution is 0.0955. The molecule has 1 amide bonds. The molecule has 3 aromatic carbocycles. The second-order valence-electron chi connectivity index (χ2n) is 7.43. The Morgan fingerprint density at radius 1 is 1.09 bits per heavy atom. The van der Waals surface area contributed by atoms with Gasteiger partial charge in [0, 0.05) is 39.8 Å². The van der Waals surface area contributed by atoms with E-state index in [-0.39, 0.29) is 5.91 Å². The first-order chi connectivity index (χ1) is 15.6. The fourth-order valence-electron chi connectivity index (χ4n) is 3.49. The van der Waals surface area contributed by atoms with Gasteiger partial charge >= 0.3 is 0 Å². The SMILES string of the molecule is CCCOc1ccc(C(=O)N/N=C/c2cn(Cc3cccc(Cl)c3)c3ccccc23)cc1. The highest BCUT2D eigenvalue weighted by Crippen LogP contribution is 2.22. The van der Waals surface area contributed by atoms with Crippen molar-refractivity contribution in [1.29, 1.82) is 0 Å². The first-order valence-electron chi connectivity index (χ1n) is 10.5. The van der Waals surface area contributed by atoms with E-state index in [0.717, 1.165) is 34.2 Å². The van der Waals surface area contributed by atoms with Crippen LogP contribution in [0, 0.1) is 0 Å². The largest absolute Gasteiger partial charge is 0.494 e. The first kappa shape index (κ1) is 21.7. The average Bonchev–Trinajstić information content (AvgIpc) is 3.15. The van der Waals surface area contributed by atoms with Crippen molar-refractivity contribution in [2.45, 2.75) is 19.9 Å². The highest BCUT2D eigenvalue weighted by Gasteiger charge is 2.08. The van der Waals surface area contributed by atoms with Crippen LogP contribution in [0.4, 0.5) is 0 Å². The highest BCUT2D eigenvalue weighted by atomic mass is 35.5. The summed E-state index contributed by atoms with van der Waals surface area (Å²) in [5, 5.41) is 5.96. The molecule has 0 radical (unpaired) electrons. The van der Waals surface area contributed by atoms with E-state index < -0.39 is 0 Å². The summed E-state index contributed by atoms with van der Waals surface area (Å²) in [6.07, 6.45) is 4.64. The fraction of sp³-hybridized carbons (Fsp3) is 0.154. The molecule has 0 aliphatic heterocycles. The van der Waals surface area contributed by atoms with Crippen LogP contribution in [-0.2, 0) is 6.54 Å². The molecular weight excluding hydrogens is 422 g/mol. The Morgan fingerprint density at radius 2 is 1.91 bits per heavy atom. The lowest BCUT2D eigenvalue weighted by Crippen LogP contribution is -2.17. The van der Waals surface area contributed by atoms with Gasteiger partial charge in [-0.15, -0.1) is 0 Å². The number of aromatic nitrogens is 1. The van der Waals surface area contributed by atoms with Crippen LogP contribution in [0.5, 0.6) is 5.75 Å². The number of nitrogens with zero attached hydrogens (tertiary/aromatic N) is 2. The number of rotatable bonds is 8. The Bertz CT molecular complexity index is 1250. The lowest BCUT2D eigenvalue weighted by Gasteiger charge is -2.05. The molecule has 162 valence electrons. The minimum Gasteiger partial charge on any atom is -0.494 e. The van der Waals surface area contributed by atoms with Gasteiger partial charge < -0.3 is 9.30 Å². The number of hydrogen-bond donors (Lipinski definition) is 1. The van der Waals surface area contributed by atoms with Crippen LogP contribution in [-0.4, -0.2) is 23.3 Å². The number of carbonyl (C=O) groups excluding carboxylic acids is 1. The monoisotopic (exact) mass is 445 g/mol. The summed E-state index contributed by atoms with van der Waals surface area (Å²) >= 11 is 6.14. The van der Waals surface area contributed by atoms with E-state index in [9.17, 15) is 4.79 Å². The number of hydrogen-bond acceptors (Lipinski definition) is 3. The Labute approximate surface area is 192 Å². The lowest BCUT2D eigenvalue weighted by atomic mass is 10.2. The van der Waals surface area contributed by atoms with Gasteiger partial charge in [-0.25, -0.2) is 5.43 Å².